The van der Waals surface area contributed by atoms with Gasteiger partial charge in [0.05, 0.1) is 11.4 Å². The molecule has 0 bridgehead atoms. The average Bonchev–Trinajstić information content (AvgIpc) is 3.70. The molecule has 4 aromatic heterocycles. The number of Topliss-reactive ketones (excluding diaryl/α,β-unsaturated/α-hetero) is 1. The molecule has 7 nitrogen and oxygen atoms in total. The fourth-order valence-electron chi connectivity index (χ4n) is 4.14. The molecule has 32 heavy (non-hydrogen) atoms. The number of amides is 1. The highest BCUT2D eigenvalue weighted by atomic mass is 19.1. The predicted octanol–water partition coefficient (Wildman–Crippen LogP) is 4.14. The predicted molar refractivity (Wildman–Crippen MR) is 117 cm³/mol. The molecule has 4 aromatic rings. The van der Waals surface area contributed by atoms with Gasteiger partial charge in [0, 0.05) is 53.3 Å². The third kappa shape index (κ3) is 3.14. The van der Waals surface area contributed by atoms with Crippen molar-refractivity contribution < 1.29 is 14.0 Å². The Kier molecular flexibility index (Phi) is 4.11. The van der Waals surface area contributed by atoms with E-state index in [2.05, 4.69) is 20.3 Å². The zero-order chi connectivity index (χ0) is 22.0. The van der Waals surface area contributed by atoms with E-state index >= 15 is 0 Å². The summed E-state index contributed by atoms with van der Waals surface area (Å²) in [5.74, 6) is -0.291. The van der Waals surface area contributed by atoms with Gasteiger partial charge in [0.15, 0.2) is 5.78 Å². The molecule has 6 rings (SSSR count). The summed E-state index contributed by atoms with van der Waals surface area (Å²) in [5.41, 5.74) is 4.81. The van der Waals surface area contributed by atoms with E-state index in [0.717, 1.165) is 46.1 Å². The summed E-state index contributed by atoms with van der Waals surface area (Å²) >= 11 is 0. The first-order valence-corrected chi connectivity index (χ1v) is 10.7. The number of aromatic nitrogens is 4. The van der Waals surface area contributed by atoms with Crippen molar-refractivity contribution >= 4 is 34.1 Å². The monoisotopic (exact) mass is 429 g/mol. The van der Waals surface area contributed by atoms with Crippen LogP contribution in [0.15, 0.2) is 43.0 Å². The van der Waals surface area contributed by atoms with Gasteiger partial charge in [-0.2, -0.15) is 0 Å². The number of carbonyl (C=O) groups is 2. The zero-order valence-corrected chi connectivity index (χ0v) is 17.4. The fourth-order valence-corrected chi connectivity index (χ4v) is 4.14. The highest BCUT2D eigenvalue weighted by Gasteiger charge is 2.43. The Morgan fingerprint density at radius 1 is 1.09 bits per heavy atom. The van der Waals surface area contributed by atoms with Gasteiger partial charge in [-0.3, -0.25) is 19.0 Å². The minimum atomic E-state index is -1.05. The lowest BCUT2D eigenvalue weighted by Gasteiger charge is -2.12. The number of hydrogen-bond acceptors (Lipinski definition) is 5. The van der Waals surface area contributed by atoms with E-state index < -0.39 is 12.1 Å². The number of imidazole rings is 1. The lowest BCUT2D eigenvalue weighted by atomic mass is 10.0. The summed E-state index contributed by atoms with van der Waals surface area (Å²) in [6.45, 7) is 1.97. The van der Waals surface area contributed by atoms with Gasteiger partial charge in [-0.05, 0) is 43.9 Å². The summed E-state index contributed by atoms with van der Waals surface area (Å²) in [5, 5.41) is 3.56. The number of carbonyl (C=O) groups excluding carboxylic acids is 2. The molecule has 2 aliphatic rings. The summed E-state index contributed by atoms with van der Waals surface area (Å²) < 4.78 is 15.1. The summed E-state index contributed by atoms with van der Waals surface area (Å²) in [4.78, 5) is 37.8. The molecule has 4 heterocycles. The zero-order valence-electron chi connectivity index (χ0n) is 17.4. The summed E-state index contributed by atoms with van der Waals surface area (Å²) in [6, 6.07) is 5.61. The first-order valence-electron chi connectivity index (χ1n) is 10.7. The molecule has 0 radical (unpaired) electrons. The summed E-state index contributed by atoms with van der Waals surface area (Å²) in [6.07, 6.45) is 8.10. The third-order valence-corrected chi connectivity index (χ3v) is 6.26. The highest BCUT2D eigenvalue weighted by Crippen LogP contribution is 2.36. The van der Waals surface area contributed by atoms with Crippen molar-refractivity contribution in [1.29, 1.82) is 0 Å². The minimum absolute atomic E-state index is 0.119. The number of fused-ring (bicyclic) bond motifs is 3. The number of ketones is 1. The van der Waals surface area contributed by atoms with Crippen molar-refractivity contribution in [2.24, 2.45) is 11.8 Å². The average molecular weight is 429 g/mol. The van der Waals surface area contributed by atoms with Crippen LogP contribution in [-0.4, -0.2) is 37.2 Å². The van der Waals surface area contributed by atoms with E-state index in [0.29, 0.717) is 11.5 Å². The molecule has 2 fully saturated rings. The molecule has 2 saturated carbocycles. The number of halogens is 1. The van der Waals surface area contributed by atoms with Crippen molar-refractivity contribution in [1.82, 2.24) is 19.4 Å². The van der Waals surface area contributed by atoms with Crippen molar-refractivity contribution in [3.8, 4) is 11.1 Å². The largest absolute Gasteiger partial charge is 0.310 e. The maximum atomic E-state index is 13.2. The Morgan fingerprint density at radius 2 is 1.91 bits per heavy atom. The maximum Gasteiger partial charge on any atom is 0.231 e. The SMILES string of the molecule is Cc1cc(C(=O)C2CC2)ncc1-c1cc2cnc(NC(=O)[C@@H]3C[C@@H]3F)cc2n2ccnc12. The van der Waals surface area contributed by atoms with E-state index in [1.807, 2.05) is 29.7 Å². The van der Waals surface area contributed by atoms with Crippen LogP contribution < -0.4 is 5.32 Å². The molecule has 0 unspecified atom stereocenters. The molecule has 0 aromatic carbocycles. The van der Waals surface area contributed by atoms with Crippen LogP contribution in [0.25, 0.3) is 27.7 Å². The van der Waals surface area contributed by atoms with Crippen LogP contribution in [0.5, 0.6) is 0 Å². The molecule has 8 heteroatoms. The van der Waals surface area contributed by atoms with Crippen LogP contribution >= 0.6 is 0 Å². The van der Waals surface area contributed by atoms with Gasteiger partial charge in [0.1, 0.15) is 23.3 Å². The Morgan fingerprint density at radius 3 is 2.62 bits per heavy atom. The van der Waals surface area contributed by atoms with E-state index in [1.54, 1.807) is 24.7 Å². The van der Waals surface area contributed by atoms with Crippen molar-refractivity contribution in [2.75, 3.05) is 5.32 Å². The number of nitrogens with one attached hydrogen (secondary N) is 1. The van der Waals surface area contributed by atoms with Gasteiger partial charge in [-0.15, -0.1) is 0 Å². The molecular weight excluding hydrogens is 409 g/mol. The first kappa shape index (κ1) is 19.0. The lowest BCUT2D eigenvalue weighted by Crippen LogP contribution is -2.16. The Labute approximate surface area is 182 Å². The maximum absolute atomic E-state index is 13.2. The lowest BCUT2D eigenvalue weighted by molar-refractivity contribution is -0.117. The smallest absolute Gasteiger partial charge is 0.231 e. The van der Waals surface area contributed by atoms with Crippen molar-refractivity contribution in [2.45, 2.75) is 32.4 Å². The van der Waals surface area contributed by atoms with Gasteiger partial charge < -0.3 is 5.32 Å². The van der Waals surface area contributed by atoms with Gasteiger partial charge >= 0.3 is 0 Å². The molecule has 2 atom stereocenters. The van der Waals surface area contributed by atoms with Crippen LogP contribution in [0.1, 0.15) is 35.3 Å². The highest BCUT2D eigenvalue weighted by molar-refractivity contribution is 5.99. The second-order valence-corrected chi connectivity index (χ2v) is 8.68. The molecule has 2 aliphatic carbocycles. The molecule has 0 aliphatic heterocycles. The second kappa shape index (κ2) is 6.91. The summed E-state index contributed by atoms with van der Waals surface area (Å²) in [7, 11) is 0. The molecule has 160 valence electrons. The number of rotatable bonds is 5. The standard InChI is InChI=1S/C24H20FN5O2/c1-12-6-19(22(31)13-2-3-13)27-11-17(12)15-7-14-10-28-21(29-24(32)16-8-18(16)25)9-20(14)30-5-4-26-23(15)30/h4-7,9-11,13,16,18H,2-3,8H2,1H3,(H,28,29,32)/t16-,18+/m1/s1. The van der Waals surface area contributed by atoms with Crippen LogP contribution in [0.2, 0.25) is 0 Å². The minimum Gasteiger partial charge on any atom is -0.310 e. The van der Waals surface area contributed by atoms with Crippen LogP contribution in [0.3, 0.4) is 0 Å². The van der Waals surface area contributed by atoms with Gasteiger partial charge in [-0.25, -0.2) is 14.4 Å². The third-order valence-electron chi connectivity index (χ3n) is 6.26. The molecule has 1 amide bonds. The Balaban J connectivity index is 1.41. The number of nitrogens with zero attached hydrogens (tertiary/aromatic N) is 4. The quantitative estimate of drug-likeness (QED) is 0.482. The first-order chi connectivity index (χ1) is 15.5. The van der Waals surface area contributed by atoms with Crippen LogP contribution in [-0.2, 0) is 4.79 Å². The number of pyridine rings is 3. The van der Waals surface area contributed by atoms with Crippen LogP contribution in [0.4, 0.5) is 10.2 Å². The second-order valence-electron chi connectivity index (χ2n) is 8.68. The van der Waals surface area contributed by atoms with Crippen molar-refractivity contribution in [3.63, 3.8) is 0 Å². The normalized spacial score (nSPS) is 19.9. The van der Waals surface area contributed by atoms with E-state index in [-0.39, 0.29) is 24.0 Å². The van der Waals surface area contributed by atoms with Gasteiger partial charge in [-0.1, -0.05) is 0 Å². The van der Waals surface area contributed by atoms with E-state index in [9.17, 15) is 14.0 Å². The topological polar surface area (TPSA) is 89.2 Å². The number of aryl methyl sites for hydroxylation is 1. The molecule has 1 N–H and O–H groups in total. The number of alkyl halides is 1. The van der Waals surface area contributed by atoms with Gasteiger partial charge in [0.25, 0.3) is 0 Å². The van der Waals surface area contributed by atoms with Crippen LogP contribution in [0, 0.1) is 18.8 Å². The fraction of sp³-hybridized carbons (Fsp3) is 0.292. The molecule has 0 spiro atoms. The Bertz CT molecular complexity index is 1420. The van der Waals surface area contributed by atoms with E-state index in [1.165, 1.54) is 0 Å². The molecular formula is C24H20FN5O2. The number of anilines is 1. The molecule has 0 saturated heterocycles. The van der Waals surface area contributed by atoms with Gasteiger partial charge in [0.2, 0.25) is 5.91 Å². The number of hydrogen-bond donors (Lipinski definition) is 1. The van der Waals surface area contributed by atoms with E-state index in [4.69, 9.17) is 0 Å². The Hall–Kier alpha value is -3.68. The van der Waals surface area contributed by atoms with Crippen molar-refractivity contribution in [3.05, 3.63) is 54.2 Å².